The molecule has 18 heavy (non-hydrogen) atoms. The number of nitrogens with one attached hydrogen (secondary N) is 1. The molecule has 0 spiro atoms. The average Bonchev–Trinajstić information content (AvgIpc) is 2.67. The molecule has 1 rings (SSSR count). The molecular formula is C14H24ClNOS. The first-order valence-electron chi connectivity index (χ1n) is 6.68. The molecule has 0 amide bonds. The molecule has 1 aromatic heterocycles. The number of hydrogen-bond acceptors (Lipinski definition) is 3. The van der Waals surface area contributed by atoms with Gasteiger partial charge in [-0.05, 0) is 44.4 Å². The van der Waals surface area contributed by atoms with Crippen molar-refractivity contribution in [2.45, 2.75) is 39.0 Å². The Balaban J connectivity index is 1.92. The summed E-state index contributed by atoms with van der Waals surface area (Å²) in [5.74, 6) is 0. The lowest BCUT2D eigenvalue weighted by atomic mass is 10.1. The number of rotatable bonds is 10. The standard InChI is InChI=1S/C14H24ClNOS/c1-12-11-13(18-14(12)15)7-5-3-4-6-8-16-9-10-17-2/h11,16H,3-10H2,1-2H3. The van der Waals surface area contributed by atoms with E-state index in [1.165, 1.54) is 42.5 Å². The molecular weight excluding hydrogens is 266 g/mol. The summed E-state index contributed by atoms with van der Waals surface area (Å²) in [5.41, 5.74) is 1.22. The maximum Gasteiger partial charge on any atom is 0.0960 e. The summed E-state index contributed by atoms with van der Waals surface area (Å²) < 4.78 is 5.93. The van der Waals surface area contributed by atoms with E-state index in [1.807, 2.05) is 0 Å². The molecule has 0 atom stereocenters. The van der Waals surface area contributed by atoms with Crippen LogP contribution in [0.2, 0.25) is 4.34 Å². The van der Waals surface area contributed by atoms with E-state index in [1.54, 1.807) is 18.4 Å². The van der Waals surface area contributed by atoms with Gasteiger partial charge in [0.05, 0.1) is 10.9 Å². The van der Waals surface area contributed by atoms with E-state index in [0.717, 1.165) is 24.0 Å². The Morgan fingerprint density at radius 1 is 1.22 bits per heavy atom. The largest absolute Gasteiger partial charge is 0.383 e. The van der Waals surface area contributed by atoms with E-state index in [0.29, 0.717) is 0 Å². The number of thiophene rings is 1. The van der Waals surface area contributed by atoms with Crippen LogP contribution in [0.5, 0.6) is 0 Å². The van der Waals surface area contributed by atoms with E-state index < -0.39 is 0 Å². The van der Waals surface area contributed by atoms with Gasteiger partial charge in [0.1, 0.15) is 0 Å². The molecule has 0 aliphatic rings. The number of aryl methyl sites for hydroxylation is 2. The number of hydrogen-bond donors (Lipinski definition) is 1. The van der Waals surface area contributed by atoms with Crippen LogP contribution in [0, 0.1) is 6.92 Å². The number of methoxy groups -OCH3 is 1. The van der Waals surface area contributed by atoms with Crippen molar-refractivity contribution in [1.82, 2.24) is 5.32 Å². The Labute approximate surface area is 120 Å². The smallest absolute Gasteiger partial charge is 0.0960 e. The van der Waals surface area contributed by atoms with Gasteiger partial charge in [-0.2, -0.15) is 0 Å². The highest BCUT2D eigenvalue weighted by Gasteiger charge is 2.02. The summed E-state index contributed by atoms with van der Waals surface area (Å²) in [6.07, 6.45) is 6.32. The van der Waals surface area contributed by atoms with Gasteiger partial charge in [-0.15, -0.1) is 11.3 Å². The summed E-state index contributed by atoms with van der Waals surface area (Å²) in [4.78, 5) is 1.43. The first kappa shape index (κ1) is 16.0. The van der Waals surface area contributed by atoms with Crippen LogP contribution >= 0.6 is 22.9 Å². The minimum Gasteiger partial charge on any atom is -0.383 e. The first-order chi connectivity index (χ1) is 8.74. The third-order valence-electron chi connectivity index (χ3n) is 2.92. The van der Waals surface area contributed by atoms with Crippen molar-refractivity contribution in [3.63, 3.8) is 0 Å². The lowest BCUT2D eigenvalue weighted by Crippen LogP contribution is -2.20. The molecule has 0 aliphatic heterocycles. The topological polar surface area (TPSA) is 21.3 Å². The molecule has 0 aromatic carbocycles. The van der Waals surface area contributed by atoms with Crippen LogP contribution in [0.1, 0.15) is 36.1 Å². The van der Waals surface area contributed by atoms with E-state index in [4.69, 9.17) is 16.3 Å². The summed E-state index contributed by atoms with van der Waals surface area (Å²) >= 11 is 7.78. The highest BCUT2D eigenvalue weighted by Crippen LogP contribution is 2.27. The molecule has 0 bridgehead atoms. The van der Waals surface area contributed by atoms with Crippen molar-refractivity contribution in [2.24, 2.45) is 0 Å². The molecule has 0 fully saturated rings. The molecule has 0 radical (unpaired) electrons. The molecule has 1 heterocycles. The zero-order valence-electron chi connectivity index (χ0n) is 11.4. The number of unbranched alkanes of at least 4 members (excludes halogenated alkanes) is 3. The van der Waals surface area contributed by atoms with Gasteiger partial charge < -0.3 is 10.1 Å². The summed E-state index contributed by atoms with van der Waals surface area (Å²) in [5, 5.41) is 3.37. The van der Waals surface area contributed by atoms with Gasteiger partial charge in [0.2, 0.25) is 0 Å². The van der Waals surface area contributed by atoms with E-state index in [9.17, 15) is 0 Å². The number of ether oxygens (including phenoxy) is 1. The van der Waals surface area contributed by atoms with Crippen molar-refractivity contribution >= 4 is 22.9 Å². The van der Waals surface area contributed by atoms with Crippen LogP contribution in [-0.2, 0) is 11.2 Å². The fourth-order valence-electron chi connectivity index (χ4n) is 1.85. The SMILES string of the molecule is COCCNCCCCCCc1cc(C)c(Cl)s1. The van der Waals surface area contributed by atoms with Gasteiger partial charge in [-0.1, -0.05) is 24.4 Å². The maximum atomic E-state index is 6.05. The van der Waals surface area contributed by atoms with Crippen molar-refractivity contribution in [2.75, 3.05) is 26.8 Å². The lowest BCUT2D eigenvalue weighted by molar-refractivity contribution is 0.199. The molecule has 2 nitrogen and oxygen atoms in total. The Bertz CT molecular complexity index is 308. The van der Waals surface area contributed by atoms with Gasteiger partial charge >= 0.3 is 0 Å². The van der Waals surface area contributed by atoms with Crippen molar-refractivity contribution in [1.29, 1.82) is 0 Å². The van der Waals surface area contributed by atoms with Crippen LogP contribution in [0.3, 0.4) is 0 Å². The zero-order valence-corrected chi connectivity index (χ0v) is 13.0. The van der Waals surface area contributed by atoms with Crippen LogP contribution in [0.15, 0.2) is 6.07 Å². The van der Waals surface area contributed by atoms with Gasteiger partial charge in [0, 0.05) is 18.5 Å². The predicted octanol–water partition coefficient (Wildman–Crippen LogP) is 4.05. The van der Waals surface area contributed by atoms with Crippen molar-refractivity contribution < 1.29 is 4.74 Å². The Morgan fingerprint density at radius 3 is 2.67 bits per heavy atom. The Hall–Kier alpha value is -0.0900. The molecule has 1 aromatic rings. The van der Waals surface area contributed by atoms with Crippen LogP contribution in [-0.4, -0.2) is 26.8 Å². The fourth-order valence-corrected chi connectivity index (χ4v) is 3.13. The summed E-state index contributed by atoms with van der Waals surface area (Å²) in [6, 6.07) is 2.22. The normalized spacial score (nSPS) is 11.1. The Morgan fingerprint density at radius 2 is 2.00 bits per heavy atom. The molecule has 0 aliphatic carbocycles. The van der Waals surface area contributed by atoms with Crippen LogP contribution < -0.4 is 5.32 Å². The molecule has 0 saturated heterocycles. The van der Waals surface area contributed by atoms with Crippen molar-refractivity contribution in [3.8, 4) is 0 Å². The van der Waals surface area contributed by atoms with Gasteiger partial charge in [0.25, 0.3) is 0 Å². The van der Waals surface area contributed by atoms with Gasteiger partial charge in [-0.3, -0.25) is 0 Å². The monoisotopic (exact) mass is 289 g/mol. The quantitative estimate of drug-likeness (QED) is 0.656. The minimum absolute atomic E-state index is 0.804. The second kappa shape index (κ2) is 9.79. The average molecular weight is 290 g/mol. The number of halogens is 1. The summed E-state index contributed by atoms with van der Waals surface area (Å²) in [6.45, 7) is 4.95. The molecule has 104 valence electrons. The molecule has 1 N–H and O–H groups in total. The first-order valence-corrected chi connectivity index (χ1v) is 7.88. The lowest BCUT2D eigenvalue weighted by Gasteiger charge is -2.03. The molecule has 4 heteroatoms. The van der Waals surface area contributed by atoms with E-state index in [-0.39, 0.29) is 0 Å². The van der Waals surface area contributed by atoms with Crippen molar-refractivity contribution in [3.05, 3.63) is 20.8 Å². The highest BCUT2D eigenvalue weighted by atomic mass is 35.5. The predicted molar refractivity (Wildman–Crippen MR) is 81.0 cm³/mol. The third-order valence-corrected chi connectivity index (χ3v) is 4.53. The second-order valence-corrected chi connectivity index (χ2v) is 6.32. The zero-order chi connectivity index (χ0) is 13.2. The molecule has 0 saturated carbocycles. The summed E-state index contributed by atoms with van der Waals surface area (Å²) in [7, 11) is 1.74. The highest BCUT2D eigenvalue weighted by molar-refractivity contribution is 7.16. The fraction of sp³-hybridized carbons (Fsp3) is 0.714. The molecule has 0 unspecified atom stereocenters. The Kier molecular flexibility index (Phi) is 8.68. The maximum absolute atomic E-state index is 6.05. The van der Waals surface area contributed by atoms with E-state index >= 15 is 0 Å². The third kappa shape index (κ3) is 6.74. The second-order valence-electron chi connectivity index (χ2n) is 4.58. The van der Waals surface area contributed by atoms with Crippen LogP contribution in [0.25, 0.3) is 0 Å². The van der Waals surface area contributed by atoms with E-state index in [2.05, 4.69) is 18.3 Å². The van der Waals surface area contributed by atoms with Crippen LogP contribution in [0.4, 0.5) is 0 Å². The minimum atomic E-state index is 0.804. The van der Waals surface area contributed by atoms with Gasteiger partial charge in [0.15, 0.2) is 0 Å². The van der Waals surface area contributed by atoms with Gasteiger partial charge in [-0.25, -0.2) is 0 Å².